The Morgan fingerprint density at radius 3 is 1.43 bits per heavy atom. The van der Waals surface area contributed by atoms with Gasteiger partial charge in [0.05, 0.1) is 11.1 Å². The van der Waals surface area contributed by atoms with Crippen LogP contribution in [0.15, 0.2) is 72.8 Å². The van der Waals surface area contributed by atoms with Gasteiger partial charge in [0.2, 0.25) is 0 Å². The molecule has 0 aliphatic heterocycles. The lowest BCUT2D eigenvalue weighted by Gasteiger charge is -2.19. The van der Waals surface area contributed by atoms with E-state index < -0.39 is 0 Å². The average molecular weight is 455 g/mol. The molecule has 0 saturated heterocycles. The van der Waals surface area contributed by atoms with Gasteiger partial charge in [-0.2, -0.15) is 4.79 Å². The van der Waals surface area contributed by atoms with E-state index >= 15 is 0 Å². The molecule has 172 valence electrons. The van der Waals surface area contributed by atoms with Gasteiger partial charge < -0.3 is 5.53 Å². The summed E-state index contributed by atoms with van der Waals surface area (Å²) in [5.41, 5.74) is 26.6. The molecule has 0 fully saturated rings. The molecule has 0 amide bonds. The first kappa shape index (κ1) is 21.8. The minimum Gasteiger partial charge on any atom is -0.361 e. The number of fused-ring (bicyclic) bond motifs is 6. The molecular formula is C33H30N2. The van der Waals surface area contributed by atoms with Crippen LogP contribution in [0.5, 0.6) is 0 Å². The van der Waals surface area contributed by atoms with Gasteiger partial charge in [-0.05, 0) is 80.3 Å². The molecule has 0 heterocycles. The highest BCUT2D eigenvalue weighted by Gasteiger charge is 2.35. The van der Waals surface area contributed by atoms with Crippen LogP contribution in [0.1, 0.15) is 84.0 Å². The minimum atomic E-state index is 0.312. The monoisotopic (exact) mass is 454 g/mol. The summed E-state index contributed by atoms with van der Waals surface area (Å²) in [5, 5.41) is 0. The van der Waals surface area contributed by atoms with Gasteiger partial charge in [-0.15, -0.1) is 0 Å². The van der Waals surface area contributed by atoms with Crippen LogP contribution < -0.4 is 0 Å². The van der Waals surface area contributed by atoms with Crippen LogP contribution in [0.4, 0.5) is 0 Å². The maximum Gasteiger partial charge on any atom is 0.330 e. The third kappa shape index (κ3) is 3.25. The summed E-state index contributed by atoms with van der Waals surface area (Å²) in [7, 11) is 0. The highest BCUT2D eigenvalue weighted by molar-refractivity contribution is 6.15. The van der Waals surface area contributed by atoms with Gasteiger partial charge in [-0.1, -0.05) is 100 Å². The van der Waals surface area contributed by atoms with Crippen LogP contribution in [0.2, 0.25) is 0 Å². The summed E-state index contributed by atoms with van der Waals surface area (Å²) < 4.78 is 0. The molecule has 35 heavy (non-hydrogen) atoms. The van der Waals surface area contributed by atoms with Crippen molar-refractivity contribution in [3.63, 3.8) is 0 Å². The lowest BCUT2D eigenvalue weighted by molar-refractivity contribution is -0.00304. The van der Waals surface area contributed by atoms with E-state index in [9.17, 15) is 5.53 Å². The Morgan fingerprint density at radius 1 is 0.600 bits per heavy atom. The zero-order chi connectivity index (χ0) is 24.3. The van der Waals surface area contributed by atoms with Crippen molar-refractivity contribution >= 4 is 5.71 Å². The second-order valence-electron chi connectivity index (χ2n) is 10.5. The van der Waals surface area contributed by atoms with Crippen molar-refractivity contribution in [3.05, 3.63) is 123 Å². The minimum absolute atomic E-state index is 0.312. The van der Waals surface area contributed by atoms with Crippen molar-refractivity contribution in [1.29, 1.82) is 0 Å². The molecule has 2 heteroatoms. The maximum atomic E-state index is 10.7. The largest absolute Gasteiger partial charge is 0.361 e. The van der Waals surface area contributed by atoms with Crippen LogP contribution in [0, 0.1) is 0 Å². The van der Waals surface area contributed by atoms with Gasteiger partial charge >= 0.3 is 5.71 Å². The maximum absolute atomic E-state index is 10.7. The van der Waals surface area contributed by atoms with E-state index in [0.29, 0.717) is 11.8 Å². The second-order valence-corrected chi connectivity index (χ2v) is 10.5. The van der Waals surface area contributed by atoms with E-state index in [4.69, 9.17) is 0 Å². The predicted octanol–water partition coefficient (Wildman–Crippen LogP) is 8.14. The highest BCUT2D eigenvalue weighted by Crippen LogP contribution is 2.45. The van der Waals surface area contributed by atoms with Crippen molar-refractivity contribution in [2.24, 2.45) is 0 Å². The summed E-state index contributed by atoms with van der Waals surface area (Å²) >= 11 is 0. The topological polar surface area (TPSA) is 36.4 Å². The molecule has 0 bridgehead atoms. The fourth-order valence-electron chi connectivity index (χ4n) is 6.21. The molecule has 0 N–H and O–H groups in total. The quantitative estimate of drug-likeness (QED) is 0.146. The number of hydrogen-bond acceptors (Lipinski definition) is 0. The Labute approximate surface area is 207 Å². The van der Waals surface area contributed by atoms with E-state index in [0.717, 1.165) is 29.7 Å². The first-order valence-electron chi connectivity index (χ1n) is 12.7. The van der Waals surface area contributed by atoms with E-state index in [-0.39, 0.29) is 0 Å². The summed E-state index contributed by atoms with van der Waals surface area (Å²) in [6, 6.07) is 26.4. The van der Waals surface area contributed by atoms with Crippen molar-refractivity contribution in [2.75, 3.05) is 0 Å². The van der Waals surface area contributed by atoms with Gasteiger partial charge in [-0.25, -0.2) is 0 Å². The number of hydrogen-bond donors (Lipinski definition) is 0. The molecule has 0 radical (unpaired) electrons. The third-order valence-corrected chi connectivity index (χ3v) is 7.86. The van der Waals surface area contributed by atoms with Gasteiger partial charge in [0, 0.05) is 0 Å². The second kappa shape index (κ2) is 8.18. The molecule has 0 spiro atoms. The predicted molar refractivity (Wildman–Crippen MR) is 144 cm³/mol. The molecule has 2 aliphatic carbocycles. The smallest absolute Gasteiger partial charge is 0.330 e. The van der Waals surface area contributed by atoms with Crippen molar-refractivity contribution in [2.45, 2.75) is 52.4 Å². The van der Waals surface area contributed by atoms with E-state index in [1.54, 1.807) is 0 Å². The molecule has 6 rings (SSSR count). The van der Waals surface area contributed by atoms with E-state index in [1.165, 1.54) is 55.6 Å². The number of nitrogens with zero attached hydrogens (tertiary/aromatic N) is 2. The zero-order valence-electron chi connectivity index (χ0n) is 20.9. The van der Waals surface area contributed by atoms with E-state index in [1.807, 2.05) is 0 Å². The molecular weight excluding hydrogens is 424 g/mol. The normalized spacial score (nSPS) is 12.9. The average Bonchev–Trinajstić information content (AvgIpc) is 3.43. The standard InChI is InChI=1S/C33H30N2/c1-19(2)23-13-15-27-25-11-7-5-9-21(25)17-29(27)31(23)33(35-34)32-24(20(3)4)14-16-28-26-12-8-6-10-22(26)18-30(28)32/h5-16,19-20H,17-18H2,1-4H3. The fourth-order valence-corrected chi connectivity index (χ4v) is 6.21. The zero-order valence-corrected chi connectivity index (χ0v) is 20.9. The number of benzene rings is 4. The molecule has 0 aromatic heterocycles. The van der Waals surface area contributed by atoms with Gasteiger partial charge in [0.25, 0.3) is 0 Å². The van der Waals surface area contributed by atoms with Crippen molar-refractivity contribution in [3.8, 4) is 22.3 Å². The van der Waals surface area contributed by atoms with Crippen LogP contribution in [0.3, 0.4) is 0 Å². The van der Waals surface area contributed by atoms with Gasteiger partial charge in [0.15, 0.2) is 0 Å². The molecule has 4 aromatic rings. The van der Waals surface area contributed by atoms with Gasteiger partial charge in [0.1, 0.15) is 0 Å². The van der Waals surface area contributed by atoms with Crippen molar-refractivity contribution < 1.29 is 4.79 Å². The molecule has 0 unspecified atom stereocenters. The molecule has 2 nitrogen and oxygen atoms in total. The first-order chi connectivity index (χ1) is 17.0. The lowest BCUT2D eigenvalue weighted by atomic mass is 9.81. The summed E-state index contributed by atoms with van der Waals surface area (Å²) in [6.07, 6.45) is 1.74. The number of rotatable bonds is 4. The van der Waals surface area contributed by atoms with Crippen LogP contribution in [-0.2, 0) is 12.8 Å². The Balaban J connectivity index is 1.65. The SMILES string of the molecule is CC(C)c1ccc2c(c1C(=[N+]=[N-])c1c(C(C)C)ccc3c1Cc1ccccc1-3)Cc1ccccc1-2. The van der Waals surface area contributed by atoms with Crippen LogP contribution in [0.25, 0.3) is 27.8 Å². The van der Waals surface area contributed by atoms with Gasteiger partial charge in [-0.3, -0.25) is 0 Å². The molecule has 4 aromatic carbocycles. The Morgan fingerprint density at radius 2 is 1.03 bits per heavy atom. The Kier molecular flexibility index (Phi) is 5.09. The third-order valence-electron chi connectivity index (χ3n) is 7.86. The molecule has 0 atom stereocenters. The van der Waals surface area contributed by atoms with Crippen LogP contribution in [-0.4, -0.2) is 10.5 Å². The Hall–Kier alpha value is -3.74. The summed E-state index contributed by atoms with van der Waals surface area (Å²) in [4.78, 5) is 4.11. The Bertz CT molecular complexity index is 1440. The lowest BCUT2D eigenvalue weighted by Crippen LogP contribution is -2.17. The summed E-state index contributed by atoms with van der Waals surface area (Å²) in [5.74, 6) is 0.624. The molecule has 2 aliphatic rings. The summed E-state index contributed by atoms with van der Waals surface area (Å²) in [6.45, 7) is 8.93. The fraction of sp³-hybridized carbons (Fsp3) is 0.242. The van der Waals surface area contributed by atoms with E-state index in [2.05, 4.69) is 105 Å². The highest BCUT2D eigenvalue weighted by atomic mass is 14.9. The van der Waals surface area contributed by atoms with Crippen LogP contribution >= 0.6 is 0 Å². The van der Waals surface area contributed by atoms with Crippen molar-refractivity contribution in [1.82, 2.24) is 0 Å². The first-order valence-corrected chi connectivity index (χ1v) is 12.7. The molecule has 0 saturated carbocycles.